The zero-order valence-corrected chi connectivity index (χ0v) is 19.7. The Morgan fingerprint density at radius 2 is 1.77 bits per heavy atom. The zero-order chi connectivity index (χ0) is 19.5. The molecular weight excluding hydrogens is 419 g/mol. The molecule has 3 atom stereocenters. The third-order valence-electron chi connectivity index (χ3n) is 5.92. The van der Waals surface area contributed by atoms with Gasteiger partial charge in [0.05, 0.1) is 18.8 Å². The van der Waals surface area contributed by atoms with Crippen LogP contribution in [0.1, 0.15) is 38.0 Å². The SMILES string of the molecule is CC(C)Oc1ccc(N2CCNC(C(C)C3OCCc4ccccc43)C2)cc1.Cl.Cl. The van der Waals surface area contributed by atoms with E-state index in [4.69, 9.17) is 9.47 Å². The highest BCUT2D eigenvalue weighted by molar-refractivity contribution is 5.85. The van der Waals surface area contributed by atoms with E-state index < -0.39 is 0 Å². The largest absolute Gasteiger partial charge is 0.491 e. The summed E-state index contributed by atoms with van der Waals surface area (Å²) < 4.78 is 12.0. The van der Waals surface area contributed by atoms with E-state index in [1.807, 2.05) is 0 Å². The summed E-state index contributed by atoms with van der Waals surface area (Å²) in [5, 5.41) is 3.74. The van der Waals surface area contributed by atoms with Gasteiger partial charge in [0, 0.05) is 37.3 Å². The first-order valence-corrected chi connectivity index (χ1v) is 10.6. The smallest absolute Gasteiger partial charge is 0.119 e. The fourth-order valence-corrected chi connectivity index (χ4v) is 4.44. The lowest BCUT2D eigenvalue weighted by atomic mass is 9.85. The number of nitrogens with one attached hydrogen (secondary N) is 1. The minimum atomic E-state index is 0. The van der Waals surface area contributed by atoms with Crippen molar-refractivity contribution in [1.82, 2.24) is 5.32 Å². The lowest BCUT2D eigenvalue weighted by Gasteiger charge is -2.41. The lowest BCUT2D eigenvalue weighted by molar-refractivity contribution is -0.00538. The van der Waals surface area contributed by atoms with Crippen LogP contribution in [0.25, 0.3) is 0 Å². The Balaban J connectivity index is 0.00000160. The first-order valence-electron chi connectivity index (χ1n) is 10.6. The summed E-state index contributed by atoms with van der Waals surface area (Å²) >= 11 is 0. The number of hydrogen-bond donors (Lipinski definition) is 1. The van der Waals surface area contributed by atoms with Crippen LogP contribution < -0.4 is 15.0 Å². The number of benzene rings is 2. The molecule has 0 amide bonds. The molecule has 2 aliphatic rings. The van der Waals surface area contributed by atoms with Crippen molar-refractivity contribution < 1.29 is 9.47 Å². The number of rotatable bonds is 5. The minimum absolute atomic E-state index is 0. The van der Waals surface area contributed by atoms with Gasteiger partial charge in [0.2, 0.25) is 0 Å². The molecule has 0 bridgehead atoms. The number of nitrogens with zero attached hydrogens (tertiary/aromatic N) is 1. The number of hydrogen-bond acceptors (Lipinski definition) is 4. The van der Waals surface area contributed by atoms with E-state index in [2.05, 4.69) is 79.5 Å². The summed E-state index contributed by atoms with van der Waals surface area (Å²) in [7, 11) is 0. The Labute approximate surface area is 193 Å². The van der Waals surface area contributed by atoms with Crippen LogP contribution in [0.3, 0.4) is 0 Å². The van der Waals surface area contributed by atoms with Crippen LogP contribution in [0.5, 0.6) is 5.75 Å². The summed E-state index contributed by atoms with van der Waals surface area (Å²) in [6, 6.07) is 17.7. The molecule has 2 aromatic rings. The lowest BCUT2D eigenvalue weighted by Crippen LogP contribution is -2.54. The molecule has 4 nitrogen and oxygen atoms in total. The Morgan fingerprint density at radius 1 is 1.03 bits per heavy atom. The van der Waals surface area contributed by atoms with Gasteiger partial charge in [-0.15, -0.1) is 24.8 Å². The van der Waals surface area contributed by atoms with Crippen molar-refractivity contribution in [1.29, 1.82) is 0 Å². The highest BCUT2D eigenvalue weighted by Gasteiger charge is 2.33. The van der Waals surface area contributed by atoms with Gasteiger partial charge in [0.1, 0.15) is 5.75 Å². The van der Waals surface area contributed by atoms with E-state index >= 15 is 0 Å². The van der Waals surface area contributed by atoms with Crippen molar-refractivity contribution >= 4 is 30.5 Å². The maximum Gasteiger partial charge on any atom is 0.119 e. The molecule has 166 valence electrons. The van der Waals surface area contributed by atoms with Crippen molar-refractivity contribution in [2.45, 2.75) is 45.4 Å². The first-order chi connectivity index (χ1) is 13.6. The number of fused-ring (bicyclic) bond motifs is 1. The molecule has 3 unspecified atom stereocenters. The molecule has 0 spiro atoms. The van der Waals surface area contributed by atoms with Gasteiger partial charge in [-0.2, -0.15) is 0 Å². The van der Waals surface area contributed by atoms with Gasteiger partial charge >= 0.3 is 0 Å². The summed E-state index contributed by atoms with van der Waals surface area (Å²) in [4.78, 5) is 2.48. The molecule has 0 saturated carbocycles. The molecule has 0 aliphatic carbocycles. The van der Waals surface area contributed by atoms with Gasteiger partial charge in [-0.3, -0.25) is 0 Å². The molecule has 6 heteroatoms. The van der Waals surface area contributed by atoms with Crippen molar-refractivity contribution in [3.63, 3.8) is 0 Å². The molecule has 2 aliphatic heterocycles. The number of piperazine rings is 1. The summed E-state index contributed by atoms with van der Waals surface area (Å²) in [5.41, 5.74) is 4.08. The highest BCUT2D eigenvalue weighted by Crippen LogP contribution is 2.35. The van der Waals surface area contributed by atoms with Crippen molar-refractivity contribution in [2.24, 2.45) is 5.92 Å². The molecule has 30 heavy (non-hydrogen) atoms. The van der Waals surface area contributed by atoms with E-state index in [0.29, 0.717) is 12.0 Å². The van der Waals surface area contributed by atoms with E-state index in [1.54, 1.807) is 0 Å². The monoisotopic (exact) mass is 452 g/mol. The van der Waals surface area contributed by atoms with Crippen LogP contribution in [0, 0.1) is 5.92 Å². The molecule has 1 saturated heterocycles. The molecule has 1 fully saturated rings. The number of anilines is 1. The van der Waals surface area contributed by atoms with Gasteiger partial charge in [-0.1, -0.05) is 31.2 Å². The predicted octanol–water partition coefficient (Wildman–Crippen LogP) is 5.05. The third kappa shape index (κ3) is 5.61. The average molecular weight is 453 g/mol. The van der Waals surface area contributed by atoms with E-state index in [1.165, 1.54) is 16.8 Å². The van der Waals surface area contributed by atoms with Crippen LogP contribution >= 0.6 is 24.8 Å². The van der Waals surface area contributed by atoms with Gasteiger partial charge in [0.15, 0.2) is 0 Å². The van der Waals surface area contributed by atoms with Crippen LogP contribution in [-0.4, -0.2) is 38.4 Å². The average Bonchev–Trinajstić information content (AvgIpc) is 2.73. The van der Waals surface area contributed by atoms with Gasteiger partial charge in [-0.05, 0) is 55.7 Å². The quantitative estimate of drug-likeness (QED) is 0.688. The molecule has 2 heterocycles. The molecule has 4 rings (SSSR count). The maximum atomic E-state index is 6.24. The molecule has 1 N–H and O–H groups in total. The second-order valence-electron chi connectivity index (χ2n) is 8.27. The van der Waals surface area contributed by atoms with Gasteiger partial charge < -0.3 is 19.7 Å². The topological polar surface area (TPSA) is 33.7 Å². The predicted molar refractivity (Wildman–Crippen MR) is 129 cm³/mol. The van der Waals surface area contributed by atoms with Crippen LogP contribution in [0.2, 0.25) is 0 Å². The van der Waals surface area contributed by atoms with Crippen molar-refractivity contribution in [2.75, 3.05) is 31.1 Å². The van der Waals surface area contributed by atoms with E-state index in [9.17, 15) is 0 Å². The summed E-state index contributed by atoms with van der Waals surface area (Å²) in [5.74, 6) is 1.35. The fourth-order valence-electron chi connectivity index (χ4n) is 4.44. The number of ether oxygens (including phenoxy) is 2. The molecule has 2 aromatic carbocycles. The van der Waals surface area contributed by atoms with Gasteiger partial charge in [-0.25, -0.2) is 0 Å². The van der Waals surface area contributed by atoms with Crippen LogP contribution in [-0.2, 0) is 11.2 Å². The molecule has 0 aromatic heterocycles. The maximum absolute atomic E-state index is 6.24. The highest BCUT2D eigenvalue weighted by atomic mass is 35.5. The Morgan fingerprint density at radius 3 is 2.50 bits per heavy atom. The van der Waals surface area contributed by atoms with Crippen LogP contribution in [0.15, 0.2) is 48.5 Å². The second-order valence-corrected chi connectivity index (χ2v) is 8.27. The van der Waals surface area contributed by atoms with E-state index in [-0.39, 0.29) is 37.0 Å². The Bertz CT molecular complexity index is 785. The second kappa shape index (κ2) is 11.2. The minimum Gasteiger partial charge on any atom is -0.491 e. The van der Waals surface area contributed by atoms with Gasteiger partial charge in [0.25, 0.3) is 0 Å². The summed E-state index contributed by atoms with van der Waals surface area (Å²) in [6.45, 7) is 10.3. The first kappa shape index (κ1) is 24.8. The summed E-state index contributed by atoms with van der Waals surface area (Å²) in [6.07, 6.45) is 1.40. The zero-order valence-electron chi connectivity index (χ0n) is 18.0. The van der Waals surface area contributed by atoms with E-state index in [0.717, 1.165) is 38.4 Å². The standard InChI is InChI=1S/C24H32N2O2.2ClH/c1-17(2)28-21-10-8-20(9-11-21)26-14-13-25-23(16-26)18(3)24-22-7-5-4-6-19(22)12-15-27-24;;/h4-11,17-18,23-25H,12-16H2,1-3H3;2*1H. The van der Waals surface area contributed by atoms with Crippen molar-refractivity contribution in [3.05, 3.63) is 59.7 Å². The van der Waals surface area contributed by atoms with Crippen LogP contribution in [0.4, 0.5) is 5.69 Å². The number of halogens is 2. The Kier molecular flexibility index (Phi) is 9.30. The third-order valence-corrected chi connectivity index (χ3v) is 5.92. The molecule has 0 radical (unpaired) electrons. The normalized spacial score (nSPS) is 21.8. The Hall–Kier alpha value is -1.46. The van der Waals surface area contributed by atoms with Crippen molar-refractivity contribution in [3.8, 4) is 5.75 Å². The molecular formula is C24H34Cl2N2O2. The fraction of sp³-hybridized carbons (Fsp3) is 0.500.